The fourth-order valence-electron chi connectivity index (χ4n) is 0.692. The molecule has 0 amide bonds. The summed E-state index contributed by atoms with van der Waals surface area (Å²) >= 11 is 4.48. The van der Waals surface area contributed by atoms with Gasteiger partial charge in [-0.25, -0.2) is 0 Å². The van der Waals surface area contributed by atoms with E-state index in [1.807, 2.05) is 4.98 Å². The largest absolute Gasteiger partial charge is 0.481 e. The van der Waals surface area contributed by atoms with Gasteiger partial charge in [0.25, 0.3) is 0 Å². The van der Waals surface area contributed by atoms with Gasteiger partial charge in [0.1, 0.15) is 5.69 Å². The van der Waals surface area contributed by atoms with Gasteiger partial charge in [-0.15, -0.1) is 0 Å². The number of aromatic amines is 1. The quantitative estimate of drug-likeness (QED) is 0.722. The summed E-state index contributed by atoms with van der Waals surface area (Å²) in [7, 11) is 1.22. The van der Waals surface area contributed by atoms with Crippen molar-refractivity contribution in [1.82, 2.24) is 9.97 Å². The highest BCUT2D eigenvalue weighted by Gasteiger charge is 2.32. The third-order valence-corrected chi connectivity index (χ3v) is 1.43. The molecule has 0 radical (unpaired) electrons. The van der Waals surface area contributed by atoms with Gasteiger partial charge < -0.3 is 9.72 Å². The molecule has 1 N–H and O–H groups in total. The number of nitrogens with zero attached hydrogens (tertiary/aromatic N) is 1. The molecule has 0 unspecified atom stereocenters. The second-order valence-corrected chi connectivity index (χ2v) is 2.53. The lowest BCUT2D eigenvalue weighted by Crippen LogP contribution is -2.09. The predicted octanol–water partition coefficient (Wildman–Crippen LogP) is 2.17. The van der Waals surface area contributed by atoms with E-state index in [0.717, 1.165) is 6.07 Å². The first kappa shape index (κ1) is 9.97. The number of ether oxygens (including phenoxy) is 1. The summed E-state index contributed by atoms with van der Waals surface area (Å²) in [6, 6.07) is 0.746. The van der Waals surface area contributed by atoms with E-state index < -0.39 is 11.9 Å². The summed E-state index contributed by atoms with van der Waals surface area (Å²) in [6.07, 6.45) is -4.47. The lowest BCUT2D eigenvalue weighted by atomic mass is 10.4. The van der Waals surface area contributed by atoms with Gasteiger partial charge in [-0.2, -0.15) is 18.2 Å². The van der Waals surface area contributed by atoms with Crippen LogP contribution in [0.5, 0.6) is 5.88 Å². The Balaban J connectivity index is 3.24. The maximum Gasteiger partial charge on any atom is 0.431 e. The Morgan fingerprint density at radius 3 is 2.62 bits per heavy atom. The van der Waals surface area contributed by atoms with E-state index in [-0.39, 0.29) is 10.7 Å². The molecule has 0 aliphatic heterocycles. The summed E-state index contributed by atoms with van der Waals surface area (Å²) in [5, 5.41) is 0. The van der Waals surface area contributed by atoms with Crippen molar-refractivity contribution >= 4 is 12.2 Å². The molecule has 1 heterocycles. The number of nitrogens with one attached hydrogen (secondary N) is 1. The van der Waals surface area contributed by atoms with E-state index in [9.17, 15) is 13.2 Å². The molecule has 0 aromatic carbocycles. The lowest BCUT2D eigenvalue weighted by Gasteiger charge is -2.06. The summed E-state index contributed by atoms with van der Waals surface area (Å²) in [5.74, 6) is -0.156. The molecule has 0 spiro atoms. The topological polar surface area (TPSA) is 37.9 Å². The highest BCUT2D eigenvalue weighted by atomic mass is 32.1. The van der Waals surface area contributed by atoms with Gasteiger partial charge in [0, 0.05) is 6.07 Å². The standard InChI is InChI=1S/C6H5F3N2OS/c1-12-4-2-3(6(7,8)9)10-5(13)11-4/h2H,1H3,(H,10,11,13). The van der Waals surface area contributed by atoms with Gasteiger partial charge >= 0.3 is 6.18 Å². The van der Waals surface area contributed by atoms with Crippen LogP contribution in [0.3, 0.4) is 0 Å². The number of methoxy groups -OCH3 is 1. The molecule has 0 aliphatic carbocycles. The number of rotatable bonds is 1. The number of hydrogen-bond donors (Lipinski definition) is 1. The average molecular weight is 210 g/mol. The van der Waals surface area contributed by atoms with Gasteiger partial charge in [-0.3, -0.25) is 0 Å². The van der Waals surface area contributed by atoms with Crippen molar-refractivity contribution in [3.8, 4) is 5.88 Å². The fourth-order valence-corrected chi connectivity index (χ4v) is 0.892. The van der Waals surface area contributed by atoms with Crippen molar-refractivity contribution in [1.29, 1.82) is 0 Å². The Kier molecular flexibility index (Phi) is 2.55. The normalized spacial score (nSPS) is 11.4. The monoisotopic (exact) mass is 210 g/mol. The molecule has 1 aromatic rings. The molecule has 13 heavy (non-hydrogen) atoms. The molecule has 3 nitrogen and oxygen atoms in total. The van der Waals surface area contributed by atoms with Crippen molar-refractivity contribution in [2.45, 2.75) is 6.18 Å². The summed E-state index contributed by atoms with van der Waals surface area (Å²) in [4.78, 5) is 5.42. The summed E-state index contributed by atoms with van der Waals surface area (Å²) < 4.78 is 40.6. The van der Waals surface area contributed by atoms with Crippen LogP contribution in [0.1, 0.15) is 5.69 Å². The van der Waals surface area contributed by atoms with Crippen LogP contribution in [0.15, 0.2) is 6.07 Å². The lowest BCUT2D eigenvalue weighted by molar-refractivity contribution is -0.141. The number of halogens is 3. The van der Waals surface area contributed by atoms with E-state index in [1.54, 1.807) is 0 Å². The Bertz CT molecular complexity index is 360. The van der Waals surface area contributed by atoms with Gasteiger partial charge in [0.05, 0.1) is 7.11 Å². The van der Waals surface area contributed by atoms with Gasteiger partial charge in [0.15, 0.2) is 0 Å². The first-order valence-electron chi connectivity index (χ1n) is 3.16. The highest BCUT2D eigenvalue weighted by molar-refractivity contribution is 7.71. The van der Waals surface area contributed by atoms with Crippen LogP contribution >= 0.6 is 12.2 Å². The van der Waals surface area contributed by atoms with Crippen LogP contribution in [0.2, 0.25) is 0 Å². The number of alkyl halides is 3. The predicted molar refractivity (Wildman–Crippen MR) is 41.0 cm³/mol. The van der Waals surface area contributed by atoms with Crippen LogP contribution in [0.25, 0.3) is 0 Å². The van der Waals surface area contributed by atoms with E-state index >= 15 is 0 Å². The minimum atomic E-state index is -4.47. The van der Waals surface area contributed by atoms with E-state index in [4.69, 9.17) is 0 Å². The minimum absolute atomic E-state index is 0.156. The first-order valence-corrected chi connectivity index (χ1v) is 3.57. The molecule has 72 valence electrons. The Hall–Kier alpha value is -1.11. The van der Waals surface area contributed by atoms with Gasteiger partial charge in [0.2, 0.25) is 10.7 Å². The van der Waals surface area contributed by atoms with E-state index in [1.165, 1.54) is 7.11 Å². The van der Waals surface area contributed by atoms with Crippen molar-refractivity contribution in [3.05, 3.63) is 16.5 Å². The van der Waals surface area contributed by atoms with Crippen molar-refractivity contribution in [3.63, 3.8) is 0 Å². The zero-order chi connectivity index (χ0) is 10.1. The third-order valence-electron chi connectivity index (χ3n) is 1.24. The zero-order valence-electron chi connectivity index (χ0n) is 6.47. The SMILES string of the molecule is COc1cc(C(F)(F)F)[nH]c(=S)n1. The van der Waals surface area contributed by atoms with Crippen LogP contribution in [0, 0.1) is 4.77 Å². The second kappa shape index (κ2) is 3.33. The van der Waals surface area contributed by atoms with Crippen LogP contribution in [0.4, 0.5) is 13.2 Å². The van der Waals surface area contributed by atoms with Crippen molar-refractivity contribution in [2.24, 2.45) is 0 Å². The average Bonchev–Trinajstić information content (AvgIpc) is 2.01. The Morgan fingerprint density at radius 2 is 2.15 bits per heavy atom. The van der Waals surface area contributed by atoms with Crippen LogP contribution in [-0.2, 0) is 6.18 Å². The van der Waals surface area contributed by atoms with Gasteiger partial charge in [-0.1, -0.05) is 0 Å². The molecule has 1 rings (SSSR count). The zero-order valence-corrected chi connectivity index (χ0v) is 7.29. The van der Waals surface area contributed by atoms with E-state index in [0.29, 0.717) is 0 Å². The van der Waals surface area contributed by atoms with Gasteiger partial charge in [-0.05, 0) is 12.2 Å². The molecular weight excluding hydrogens is 205 g/mol. The van der Waals surface area contributed by atoms with E-state index in [2.05, 4.69) is 21.9 Å². The minimum Gasteiger partial charge on any atom is -0.481 e. The fraction of sp³-hybridized carbons (Fsp3) is 0.333. The summed E-state index contributed by atoms with van der Waals surface area (Å²) in [5.41, 5.74) is -0.968. The molecule has 0 saturated carbocycles. The first-order chi connectivity index (χ1) is 5.93. The highest BCUT2D eigenvalue weighted by Crippen LogP contribution is 2.28. The van der Waals surface area contributed by atoms with Crippen LogP contribution in [-0.4, -0.2) is 17.1 Å². The van der Waals surface area contributed by atoms with Crippen LogP contribution < -0.4 is 4.74 Å². The summed E-state index contributed by atoms with van der Waals surface area (Å²) in [6.45, 7) is 0. The van der Waals surface area contributed by atoms with Crippen molar-refractivity contribution in [2.75, 3.05) is 7.11 Å². The molecule has 7 heteroatoms. The molecule has 0 fully saturated rings. The molecule has 0 saturated heterocycles. The third kappa shape index (κ3) is 2.41. The molecule has 0 atom stereocenters. The van der Waals surface area contributed by atoms with Crippen molar-refractivity contribution < 1.29 is 17.9 Å². The molecule has 1 aromatic heterocycles. The maximum absolute atomic E-state index is 12.1. The number of hydrogen-bond acceptors (Lipinski definition) is 3. The molecule has 0 bridgehead atoms. The Labute approximate surface area is 76.6 Å². The molecule has 0 aliphatic rings. The molecular formula is C6H5F3N2OS. The maximum atomic E-state index is 12.1. The number of aromatic nitrogens is 2. The Morgan fingerprint density at radius 1 is 1.54 bits per heavy atom. The second-order valence-electron chi connectivity index (χ2n) is 2.14. The number of H-pyrrole nitrogens is 1. The smallest absolute Gasteiger partial charge is 0.431 e.